The molecule has 1 aromatic carbocycles. The second kappa shape index (κ2) is 5.08. The average molecular weight is 235 g/mol. The van der Waals surface area contributed by atoms with Gasteiger partial charge >= 0.3 is 0 Å². The third kappa shape index (κ3) is 2.53. The molecule has 0 aliphatic rings. The van der Waals surface area contributed by atoms with Crippen molar-refractivity contribution < 1.29 is 14.3 Å². The third-order valence-electron chi connectivity index (χ3n) is 1.49. The fourth-order valence-electron chi connectivity index (χ4n) is 0.946. The van der Waals surface area contributed by atoms with E-state index in [-0.39, 0.29) is 6.61 Å². The summed E-state index contributed by atoms with van der Waals surface area (Å²) in [5.74, 6) is 0.731. The van der Waals surface area contributed by atoms with E-state index in [0.717, 1.165) is 0 Å². The van der Waals surface area contributed by atoms with Gasteiger partial charge in [0.15, 0.2) is 17.8 Å². The summed E-state index contributed by atoms with van der Waals surface area (Å²) in [6, 6.07) is 3.08. The van der Waals surface area contributed by atoms with E-state index in [1.54, 1.807) is 6.07 Å². The van der Waals surface area contributed by atoms with E-state index >= 15 is 0 Å². The van der Waals surface area contributed by atoms with Crippen molar-refractivity contribution in [2.45, 2.75) is 0 Å². The lowest BCUT2D eigenvalue weighted by Gasteiger charge is -2.10. The summed E-state index contributed by atoms with van der Waals surface area (Å²) < 4.78 is 10.1. The standard InChI is InChI=1S/C9H8Cl2O3/c1-13-8-5-6(10)4-7(11)9(8)14-3-2-12/h2,4-5H,3H2,1H3. The van der Waals surface area contributed by atoms with Crippen molar-refractivity contribution in [2.24, 2.45) is 0 Å². The quantitative estimate of drug-likeness (QED) is 0.752. The molecule has 0 aliphatic heterocycles. The van der Waals surface area contributed by atoms with Gasteiger partial charge in [0, 0.05) is 11.1 Å². The van der Waals surface area contributed by atoms with Gasteiger partial charge in [-0.15, -0.1) is 0 Å². The normalized spacial score (nSPS) is 9.64. The summed E-state index contributed by atoms with van der Waals surface area (Å²) in [6.07, 6.45) is 0.629. The van der Waals surface area contributed by atoms with Crippen LogP contribution >= 0.6 is 23.2 Å². The van der Waals surface area contributed by atoms with E-state index in [4.69, 9.17) is 32.7 Å². The van der Waals surface area contributed by atoms with Gasteiger partial charge in [-0.3, -0.25) is 4.79 Å². The van der Waals surface area contributed by atoms with Crippen LogP contribution in [-0.4, -0.2) is 20.0 Å². The number of halogens is 2. The van der Waals surface area contributed by atoms with E-state index in [0.29, 0.717) is 27.8 Å². The van der Waals surface area contributed by atoms with Crippen LogP contribution in [0.25, 0.3) is 0 Å². The molecule has 0 saturated heterocycles. The van der Waals surface area contributed by atoms with Gasteiger partial charge < -0.3 is 9.47 Å². The largest absolute Gasteiger partial charge is 0.493 e. The van der Waals surface area contributed by atoms with Crippen molar-refractivity contribution in [3.8, 4) is 11.5 Å². The van der Waals surface area contributed by atoms with Crippen LogP contribution in [0.15, 0.2) is 12.1 Å². The third-order valence-corrected chi connectivity index (χ3v) is 1.99. The van der Waals surface area contributed by atoms with Crippen LogP contribution in [0.3, 0.4) is 0 Å². The number of carbonyl (C=O) groups is 1. The first-order valence-electron chi connectivity index (χ1n) is 3.78. The molecule has 0 atom stereocenters. The number of aldehydes is 1. The van der Waals surface area contributed by atoms with Gasteiger partial charge in [-0.05, 0) is 6.07 Å². The van der Waals surface area contributed by atoms with Crippen molar-refractivity contribution in [2.75, 3.05) is 13.7 Å². The molecular formula is C9H8Cl2O3. The highest BCUT2D eigenvalue weighted by Gasteiger charge is 2.10. The fraction of sp³-hybridized carbons (Fsp3) is 0.222. The Hall–Kier alpha value is -0.930. The second-order valence-corrected chi connectivity index (χ2v) is 3.24. The SMILES string of the molecule is COc1cc(Cl)cc(Cl)c1OCC=O. The van der Waals surface area contributed by atoms with Gasteiger partial charge in [0.2, 0.25) is 0 Å². The molecule has 0 aliphatic carbocycles. The summed E-state index contributed by atoms with van der Waals surface area (Å²) >= 11 is 11.6. The Labute approximate surface area is 91.5 Å². The van der Waals surface area contributed by atoms with Crippen LogP contribution in [0.5, 0.6) is 11.5 Å². The number of hydrogen-bond donors (Lipinski definition) is 0. The first-order chi connectivity index (χ1) is 6.69. The molecule has 0 saturated carbocycles. The van der Waals surface area contributed by atoms with E-state index in [1.165, 1.54) is 13.2 Å². The van der Waals surface area contributed by atoms with Gasteiger partial charge in [-0.2, -0.15) is 0 Å². The Morgan fingerprint density at radius 2 is 2.14 bits per heavy atom. The van der Waals surface area contributed by atoms with Crippen molar-refractivity contribution in [1.29, 1.82) is 0 Å². The summed E-state index contributed by atoms with van der Waals surface area (Å²) in [5.41, 5.74) is 0. The Bertz CT molecular complexity index is 339. The van der Waals surface area contributed by atoms with Gasteiger partial charge in [-0.1, -0.05) is 23.2 Å². The predicted octanol–water partition coefficient (Wildman–Crippen LogP) is 2.58. The first-order valence-corrected chi connectivity index (χ1v) is 4.54. The van der Waals surface area contributed by atoms with Crippen LogP contribution in [0.2, 0.25) is 10.0 Å². The molecule has 0 N–H and O–H groups in total. The fourth-order valence-corrected chi connectivity index (χ4v) is 1.48. The Morgan fingerprint density at radius 1 is 1.43 bits per heavy atom. The highest BCUT2D eigenvalue weighted by Crippen LogP contribution is 2.37. The molecule has 0 bridgehead atoms. The predicted molar refractivity (Wildman–Crippen MR) is 54.6 cm³/mol. The van der Waals surface area contributed by atoms with Crippen molar-refractivity contribution in [3.63, 3.8) is 0 Å². The maximum atomic E-state index is 10.1. The summed E-state index contributed by atoms with van der Waals surface area (Å²) in [4.78, 5) is 10.1. The van der Waals surface area contributed by atoms with Crippen LogP contribution in [0.4, 0.5) is 0 Å². The average Bonchev–Trinajstić information content (AvgIpc) is 2.15. The molecule has 14 heavy (non-hydrogen) atoms. The van der Waals surface area contributed by atoms with Crippen LogP contribution in [0, 0.1) is 0 Å². The summed E-state index contributed by atoms with van der Waals surface area (Å²) in [5, 5.41) is 0.765. The smallest absolute Gasteiger partial charge is 0.180 e. The number of benzene rings is 1. The minimum absolute atomic E-state index is 0.0717. The maximum Gasteiger partial charge on any atom is 0.180 e. The maximum absolute atomic E-state index is 10.1. The van der Waals surface area contributed by atoms with E-state index < -0.39 is 0 Å². The molecular weight excluding hydrogens is 227 g/mol. The van der Waals surface area contributed by atoms with Gasteiger partial charge in [0.25, 0.3) is 0 Å². The zero-order chi connectivity index (χ0) is 10.6. The second-order valence-electron chi connectivity index (χ2n) is 2.40. The summed E-state index contributed by atoms with van der Waals surface area (Å²) in [7, 11) is 1.47. The zero-order valence-electron chi connectivity index (χ0n) is 7.42. The highest BCUT2D eigenvalue weighted by atomic mass is 35.5. The first kappa shape index (κ1) is 11.1. The van der Waals surface area contributed by atoms with Crippen molar-refractivity contribution in [3.05, 3.63) is 22.2 Å². The van der Waals surface area contributed by atoms with E-state index in [1.807, 2.05) is 0 Å². The lowest BCUT2D eigenvalue weighted by atomic mass is 10.3. The molecule has 1 aromatic rings. The zero-order valence-corrected chi connectivity index (χ0v) is 8.93. The number of hydrogen-bond acceptors (Lipinski definition) is 3. The Kier molecular flexibility index (Phi) is 4.04. The van der Waals surface area contributed by atoms with Crippen LogP contribution in [-0.2, 0) is 4.79 Å². The van der Waals surface area contributed by atoms with Crippen molar-refractivity contribution >= 4 is 29.5 Å². The molecule has 0 spiro atoms. The number of methoxy groups -OCH3 is 1. The molecule has 3 nitrogen and oxygen atoms in total. The van der Waals surface area contributed by atoms with Crippen LogP contribution < -0.4 is 9.47 Å². The number of rotatable bonds is 4. The lowest BCUT2D eigenvalue weighted by molar-refractivity contribution is -0.109. The lowest BCUT2D eigenvalue weighted by Crippen LogP contribution is -2.00. The van der Waals surface area contributed by atoms with E-state index in [2.05, 4.69) is 0 Å². The molecule has 0 amide bonds. The molecule has 0 fully saturated rings. The number of carbonyl (C=O) groups excluding carboxylic acids is 1. The molecule has 5 heteroatoms. The Morgan fingerprint density at radius 3 is 2.71 bits per heavy atom. The molecule has 0 radical (unpaired) electrons. The van der Waals surface area contributed by atoms with Gasteiger partial charge in [0.05, 0.1) is 12.1 Å². The van der Waals surface area contributed by atoms with Crippen LogP contribution in [0.1, 0.15) is 0 Å². The minimum Gasteiger partial charge on any atom is -0.493 e. The molecule has 0 heterocycles. The molecule has 76 valence electrons. The van der Waals surface area contributed by atoms with Crippen molar-refractivity contribution in [1.82, 2.24) is 0 Å². The molecule has 1 rings (SSSR count). The Balaban J connectivity index is 3.04. The molecule has 0 unspecified atom stereocenters. The van der Waals surface area contributed by atoms with Gasteiger partial charge in [-0.25, -0.2) is 0 Å². The highest BCUT2D eigenvalue weighted by molar-refractivity contribution is 6.35. The number of ether oxygens (including phenoxy) is 2. The monoisotopic (exact) mass is 234 g/mol. The minimum atomic E-state index is -0.0717. The molecule has 0 aromatic heterocycles. The summed E-state index contributed by atoms with van der Waals surface area (Å²) in [6.45, 7) is -0.0717. The topological polar surface area (TPSA) is 35.5 Å². The van der Waals surface area contributed by atoms with Gasteiger partial charge in [0.1, 0.15) is 6.61 Å². The van der Waals surface area contributed by atoms with E-state index in [9.17, 15) is 4.79 Å².